The molecule has 0 aliphatic heterocycles. The Morgan fingerprint density at radius 3 is 1.87 bits per heavy atom. The molecule has 4 heteroatoms. The predicted molar refractivity (Wildman–Crippen MR) is 259 cm³/mol. The fourth-order valence-corrected chi connectivity index (χ4v) is 8.87. The molecule has 0 N–H and O–H groups in total. The van der Waals surface area contributed by atoms with Gasteiger partial charge in [0, 0.05) is 40.3 Å². The molecule has 0 radical (unpaired) electrons. The van der Waals surface area contributed by atoms with E-state index in [2.05, 4.69) is 209 Å². The molecule has 10 rings (SSSR count). The molecule has 0 saturated heterocycles. The third-order valence-corrected chi connectivity index (χ3v) is 12.3. The minimum Gasteiger partial charge on any atom is -0.253 e. The highest BCUT2D eigenvalue weighted by atomic mass is 15.3. The van der Waals surface area contributed by atoms with Gasteiger partial charge >= 0.3 is 0 Å². The topological polar surface area (TPSA) is 42.5 Å². The normalized spacial score (nSPS) is 13.2. The second-order valence-corrected chi connectivity index (χ2v) is 16.6. The molecule has 0 bridgehead atoms. The van der Waals surface area contributed by atoms with Gasteiger partial charge < -0.3 is 0 Å². The summed E-state index contributed by atoms with van der Waals surface area (Å²) >= 11 is 0. The molecule has 0 amide bonds. The lowest BCUT2D eigenvalue weighted by Gasteiger charge is -2.21. The van der Waals surface area contributed by atoms with Crippen LogP contribution in [0.3, 0.4) is 0 Å². The monoisotopic (exact) mass is 798 g/mol. The van der Waals surface area contributed by atoms with Crippen LogP contribution >= 0.6 is 0 Å². The molecule has 0 saturated carbocycles. The van der Waals surface area contributed by atoms with Crippen LogP contribution in [0.2, 0.25) is 0 Å². The van der Waals surface area contributed by atoms with Crippen LogP contribution < -0.4 is 0 Å². The molecule has 2 aromatic heterocycles. The number of allylic oxidation sites excluding steroid dienone is 2. The standard InChI is InChI=1S/C58H46N4/c1-39(41-19-9-5-10-20-41)29-32-55(44-25-15-8-16-26-44)59-40(2)46-33-47(45-30-31-54-52(36-45)50-27-17-18-28-53(50)58(54,3)4)35-48(34-46)56-60-57-51(43-23-13-7-14-24-43)37-49(38-62(57)61-56)42-21-11-6-12-22-42/h5-31,33-38H,2,32H2,1,3-4H3/b39-29+,59-55+. The molecule has 62 heavy (non-hydrogen) atoms. The number of fused-ring (bicyclic) bond motifs is 4. The maximum atomic E-state index is 5.33. The Morgan fingerprint density at radius 2 is 1.15 bits per heavy atom. The third-order valence-electron chi connectivity index (χ3n) is 12.3. The van der Waals surface area contributed by atoms with Crippen LogP contribution in [0.15, 0.2) is 212 Å². The summed E-state index contributed by atoms with van der Waals surface area (Å²) in [5.41, 5.74) is 19.3. The van der Waals surface area contributed by atoms with E-state index in [4.69, 9.17) is 15.1 Å². The van der Waals surface area contributed by atoms with Crippen molar-refractivity contribution in [3.8, 4) is 55.9 Å². The second-order valence-electron chi connectivity index (χ2n) is 16.6. The minimum absolute atomic E-state index is 0.0862. The van der Waals surface area contributed by atoms with E-state index in [-0.39, 0.29) is 5.41 Å². The van der Waals surface area contributed by atoms with E-state index in [0.29, 0.717) is 17.9 Å². The number of benzene rings is 7. The van der Waals surface area contributed by atoms with Gasteiger partial charge in [-0.15, -0.1) is 5.10 Å². The first-order chi connectivity index (χ1) is 30.3. The van der Waals surface area contributed by atoms with Crippen LogP contribution in [0.25, 0.3) is 72.8 Å². The molecule has 4 nitrogen and oxygen atoms in total. The lowest BCUT2D eigenvalue weighted by Crippen LogP contribution is -2.14. The smallest absolute Gasteiger partial charge is 0.182 e. The van der Waals surface area contributed by atoms with E-state index in [1.807, 2.05) is 22.7 Å². The van der Waals surface area contributed by atoms with Gasteiger partial charge in [0.15, 0.2) is 11.5 Å². The fourth-order valence-electron chi connectivity index (χ4n) is 8.87. The van der Waals surface area contributed by atoms with Crippen molar-refractivity contribution in [2.45, 2.75) is 32.6 Å². The van der Waals surface area contributed by atoms with Crippen molar-refractivity contribution in [3.63, 3.8) is 0 Å². The summed E-state index contributed by atoms with van der Waals surface area (Å²) in [5.74, 6) is 0.629. The Labute approximate surface area is 364 Å². The number of rotatable bonds is 10. The Bertz CT molecular complexity index is 3170. The van der Waals surface area contributed by atoms with Crippen molar-refractivity contribution in [1.29, 1.82) is 0 Å². The fraction of sp³-hybridized carbons (Fsp3) is 0.0862. The Hall–Kier alpha value is -7.69. The van der Waals surface area contributed by atoms with Crippen molar-refractivity contribution in [2.24, 2.45) is 4.99 Å². The molecule has 2 heterocycles. The molecule has 0 atom stereocenters. The summed E-state index contributed by atoms with van der Waals surface area (Å²) in [6.45, 7) is 11.4. The molecular formula is C58H46N4. The van der Waals surface area contributed by atoms with Crippen molar-refractivity contribution in [2.75, 3.05) is 0 Å². The molecule has 0 spiro atoms. The highest BCUT2D eigenvalue weighted by molar-refractivity contribution is 6.05. The third kappa shape index (κ3) is 7.30. The Kier molecular flexibility index (Phi) is 9.97. The van der Waals surface area contributed by atoms with Gasteiger partial charge in [-0.05, 0) is 98.5 Å². The van der Waals surface area contributed by atoms with Gasteiger partial charge in [0.25, 0.3) is 0 Å². The molecule has 1 aliphatic rings. The average molecular weight is 799 g/mol. The van der Waals surface area contributed by atoms with E-state index in [9.17, 15) is 0 Å². The van der Waals surface area contributed by atoms with E-state index in [1.54, 1.807) is 0 Å². The molecular weight excluding hydrogens is 753 g/mol. The Morgan fingerprint density at radius 1 is 0.548 bits per heavy atom. The average Bonchev–Trinajstić information content (AvgIpc) is 3.87. The largest absolute Gasteiger partial charge is 0.253 e. The van der Waals surface area contributed by atoms with Crippen LogP contribution in [-0.2, 0) is 5.41 Å². The number of hydrogen-bond acceptors (Lipinski definition) is 3. The maximum Gasteiger partial charge on any atom is 0.182 e. The Balaban J connectivity index is 1.14. The summed E-state index contributed by atoms with van der Waals surface area (Å²) < 4.78 is 1.93. The van der Waals surface area contributed by atoms with Crippen molar-refractivity contribution >= 4 is 22.6 Å². The summed E-state index contributed by atoms with van der Waals surface area (Å²) in [6, 6.07) is 66.3. The summed E-state index contributed by atoms with van der Waals surface area (Å²) in [6.07, 6.45) is 4.99. The van der Waals surface area contributed by atoms with Gasteiger partial charge in [0.1, 0.15) is 0 Å². The summed E-state index contributed by atoms with van der Waals surface area (Å²) in [7, 11) is 0. The molecule has 0 unspecified atom stereocenters. The van der Waals surface area contributed by atoms with Crippen LogP contribution in [0.4, 0.5) is 0 Å². The van der Waals surface area contributed by atoms with Gasteiger partial charge in [0.2, 0.25) is 0 Å². The van der Waals surface area contributed by atoms with Crippen molar-refractivity contribution in [3.05, 3.63) is 235 Å². The van der Waals surface area contributed by atoms with Gasteiger partial charge in [-0.25, -0.2) is 9.50 Å². The lowest BCUT2D eigenvalue weighted by atomic mass is 9.82. The molecule has 0 fully saturated rings. The maximum absolute atomic E-state index is 5.33. The first kappa shape index (κ1) is 38.5. The lowest BCUT2D eigenvalue weighted by molar-refractivity contribution is 0.660. The molecule has 7 aromatic carbocycles. The van der Waals surface area contributed by atoms with Crippen LogP contribution in [0.5, 0.6) is 0 Å². The highest BCUT2D eigenvalue weighted by Crippen LogP contribution is 2.49. The van der Waals surface area contributed by atoms with Gasteiger partial charge in [-0.3, -0.25) is 4.99 Å². The van der Waals surface area contributed by atoms with Gasteiger partial charge in [-0.2, -0.15) is 0 Å². The SMILES string of the molecule is C=C(/N=C(\C/C=C(\C)c1ccccc1)c1ccccc1)c1cc(-c2ccc3c(c2)-c2ccccc2C3(C)C)cc(-c2nc3c(-c4ccccc4)cc(-c4ccccc4)cn3n2)c1. The van der Waals surface area contributed by atoms with E-state index in [0.717, 1.165) is 61.4 Å². The summed E-state index contributed by atoms with van der Waals surface area (Å²) in [4.78, 5) is 10.6. The first-order valence-corrected chi connectivity index (χ1v) is 21.3. The number of pyridine rings is 1. The van der Waals surface area contributed by atoms with E-state index in [1.165, 1.54) is 33.4 Å². The first-order valence-electron chi connectivity index (χ1n) is 21.3. The van der Waals surface area contributed by atoms with Gasteiger partial charge in [0.05, 0.1) is 11.4 Å². The number of hydrogen-bond donors (Lipinski definition) is 0. The summed E-state index contributed by atoms with van der Waals surface area (Å²) in [5, 5.41) is 5.22. The zero-order chi connectivity index (χ0) is 42.2. The number of aliphatic imine (C=N–C) groups is 1. The number of aromatic nitrogens is 3. The zero-order valence-electron chi connectivity index (χ0n) is 35.3. The highest BCUT2D eigenvalue weighted by Gasteiger charge is 2.35. The minimum atomic E-state index is -0.0862. The van der Waals surface area contributed by atoms with Crippen LogP contribution in [0.1, 0.15) is 55.0 Å². The van der Waals surface area contributed by atoms with Gasteiger partial charge in [-0.1, -0.05) is 184 Å². The van der Waals surface area contributed by atoms with Crippen molar-refractivity contribution < 1.29 is 0 Å². The molecule has 298 valence electrons. The quantitative estimate of drug-likeness (QED) is 0.129. The predicted octanol–water partition coefficient (Wildman–Crippen LogP) is 14.7. The zero-order valence-corrected chi connectivity index (χ0v) is 35.3. The molecule has 9 aromatic rings. The van der Waals surface area contributed by atoms with Crippen LogP contribution in [0, 0.1) is 0 Å². The number of nitrogens with zero attached hydrogens (tertiary/aromatic N) is 4. The van der Waals surface area contributed by atoms with E-state index < -0.39 is 0 Å². The second kappa shape index (κ2) is 16.1. The molecule has 1 aliphatic carbocycles. The van der Waals surface area contributed by atoms with E-state index >= 15 is 0 Å². The van der Waals surface area contributed by atoms with Crippen LogP contribution in [-0.4, -0.2) is 20.3 Å². The van der Waals surface area contributed by atoms with Crippen molar-refractivity contribution in [1.82, 2.24) is 14.6 Å².